The highest BCUT2D eigenvalue weighted by Gasteiger charge is 2.20. The third kappa shape index (κ3) is 2.66. The second-order valence-corrected chi connectivity index (χ2v) is 7.03. The zero-order valence-corrected chi connectivity index (χ0v) is 15.4. The summed E-state index contributed by atoms with van der Waals surface area (Å²) < 4.78 is 2.53. The van der Waals surface area contributed by atoms with Crippen molar-refractivity contribution in [3.8, 4) is 0 Å². The average molecular weight is 330 g/mol. The van der Waals surface area contributed by atoms with Gasteiger partial charge in [0.1, 0.15) is 0 Å². The molecule has 2 heteroatoms. The maximum atomic E-state index is 2.53. The lowest BCUT2D eigenvalue weighted by Gasteiger charge is -2.20. The maximum absolute atomic E-state index is 2.53. The number of hydrogen-bond donors (Lipinski definition) is 0. The highest BCUT2D eigenvalue weighted by Crippen LogP contribution is 2.37. The maximum Gasteiger partial charge on any atom is 0.0492 e. The molecule has 0 N–H and O–H groups in total. The van der Waals surface area contributed by atoms with E-state index in [1.165, 1.54) is 33.5 Å². The van der Waals surface area contributed by atoms with Crippen molar-refractivity contribution in [2.75, 3.05) is 11.9 Å². The number of allylic oxidation sites excluding steroid dienone is 1. The first-order chi connectivity index (χ1) is 12.2. The van der Waals surface area contributed by atoms with Crippen LogP contribution in [0.2, 0.25) is 0 Å². The van der Waals surface area contributed by atoms with Crippen LogP contribution in [0, 0.1) is 0 Å². The van der Waals surface area contributed by atoms with Gasteiger partial charge in [-0.25, -0.2) is 0 Å². The van der Waals surface area contributed by atoms with Gasteiger partial charge in [0.15, 0.2) is 0 Å². The molecular weight excluding hydrogens is 304 g/mol. The number of aromatic nitrogens is 1. The van der Waals surface area contributed by atoms with E-state index in [4.69, 9.17) is 0 Å². The highest BCUT2D eigenvalue weighted by atomic mass is 15.1. The summed E-state index contributed by atoms with van der Waals surface area (Å²) in [4.78, 5) is 2.27. The number of nitrogens with zero attached hydrogens (tertiary/aromatic N) is 2. The molecular formula is C23H26N2. The van der Waals surface area contributed by atoms with E-state index in [9.17, 15) is 0 Å². The Hall–Kier alpha value is -2.48. The first kappa shape index (κ1) is 16.0. The van der Waals surface area contributed by atoms with Gasteiger partial charge in [-0.15, -0.1) is 0 Å². The molecule has 2 nitrogen and oxygen atoms in total. The van der Waals surface area contributed by atoms with E-state index in [-0.39, 0.29) is 0 Å². The van der Waals surface area contributed by atoms with Crippen molar-refractivity contribution in [1.82, 2.24) is 4.57 Å². The van der Waals surface area contributed by atoms with Crippen molar-refractivity contribution in [3.05, 3.63) is 65.9 Å². The van der Waals surface area contributed by atoms with Crippen LogP contribution in [-0.4, -0.2) is 11.6 Å². The number of anilines is 2. The van der Waals surface area contributed by atoms with Gasteiger partial charge in [-0.1, -0.05) is 31.2 Å². The van der Waals surface area contributed by atoms with Gasteiger partial charge in [-0.3, -0.25) is 0 Å². The van der Waals surface area contributed by atoms with Gasteiger partial charge in [0.2, 0.25) is 0 Å². The van der Waals surface area contributed by atoms with Gasteiger partial charge < -0.3 is 9.47 Å². The first-order valence-corrected chi connectivity index (χ1v) is 9.33. The van der Waals surface area contributed by atoms with Crippen molar-refractivity contribution in [2.24, 2.45) is 0 Å². The van der Waals surface area contributed by atoms with Gasteiger partial charge in [0.25, 0.3) is 0 Å². The second-order valence-electron chi connectivity index (χ2n) is 7.03. The molecule has 128 valence electrons. The van der Waals surface area contributed by atoms with Crippen molar-refractivity contribution < 1.29 is 0 Å². The van der Waals surface area contributed by atoms with Crippen molar-refractivity contribution in [3.63, 3.8) is 0 Å². The predicted molar refractivity (Wildman–Crippen MR) is 109 cm³/mol. The van der Waals surface area contributed by atoms with Gasteiger partial charge in [-0.05, 0) is 68.2 Å². The molecule has 0 saturated heterocycles. The monoisotopic (exact) mass is 330 g/mol. The number of fused-ring (bicyclic) bond motifs is 3. The van der Waals surface area contributed by atoms with Crippen molar-refractivity contribution in [1.29, 1.82) is 0 Å². The molecule has 0 fully saturated rings. The summed E-state index contributed by atoms with van der Waals surface area (Å²) >= 11 is 0. The Kier molecular flexibility index (Phi) is 4.12. The lowest BCUT2D eigenvalue weighted by atomic mass is 10.0. The highest BCUT2D eigenvalue weighted by molar-refractivity contribution is 5.92. The number of para-hydroxylation sites is 1. The van der Waals surface area contributed by atoms with Gasteiger partial charge in [0.05, 0.1) is 0 Å². The third-order valence-corrected chi connectivity index (χ3v) is 5.53. The molecule has 1 aromatic heterocycles. The molecule has 0 aliphatic heterocycles. The summed E-state index contributed by atoms with van der Waals surface area (Å²) in [7, 11) is 2.15. The average Bonchev–Trinajstić information content (AvgIpc) is 3.01. The van der Waals surface area contributed by atoms with Crippen molar-refractivity contribution in [2.45, 2.75) is 39.2 Å². The Bertz CT molecular complexity index is 918. The lowest BCUT2D eigenvalue weighted by molar-refractivity contribution is 0.543. The molecule has 0 radical (unpaired) electrons. The number of hydrogen-bond acceptors (Lipinski definition) is 1. The minimum Gasteiger partial charge on any atom is -0.345 e. The number of aryl methyl sites for hydroxylation is 1. The molecule has 1 atom stereocenters. The molecule has 2 aromatic carbocycles. The molecule has 0 bridgehead atoms. The fourth-order valence-electron chi connectivity index (χ4n) is 3.92. The fourth-order valence-corrected chi connectivity index (χ4v) is 3.92. The number of rotatable bonds is 4. The van der Waals surface area contributed by atoms with Crippen LogP contribution >= 0.6 is 0 Å². The molecule has 25 heavy (non-hydrogen) atoms. The van der Waals surface area contributed by atoms with Crippen LogP contribution in [0.5, 0.6) is 0 Å². The van der Waals surface area contributed by atoms with E-state index in [1.54, 1.807) is 0 Å². The van der Waals surface area contributed by atoms with E-state index in [1.807, 2.05) is 0 Å². The quantitative estimate of drug-likeness (QED) is 0.542. The molecule has 4 rings (SSSR count). The van der Waals surface area contributed by atoms with Gasteiger partial charge in [-0.2, -0.15) is 0 Å². The van der Waals surface area contributed by atoms with Crippen LogP contribution in [0.3, 0.4) is 0 Å². The SMILES string of the molecule is CCC(C)n1c2c(c3cc(N(C)c4ccccc4)ccc31)CCC=C2. The van der Waals surface area contributed by atoms with E-state index >= 15 is 0 Å². The zero-order valence-electron chi connectivity index (χ0n) is 15.4. The fraction of sp³-hybridized carbons (Fsp3) is 0.304. The molecule has 0 saturated carbocycles. The van der Waals surface area contributed by atoms with Crippen LogP contribution in [-0.2, 0) is 6.42 Å². The van der Waals surface area contributed by atoms with E-state index in [0.29, 0.717) is 6.04 Å². The smallest absolute Gasteiger partial charge is 0.0492 e. The summed E-state index contributed by atoms with van der Waals surface area (Å²) in [6, 6.07) is 18.0. The first-order valence-electron chi connectivity index (χ1n) is 9.33. The second kappa shape index (κ2) is 6.44. The van der Waals surface area contributed by atoms with Crippen LogP contribution in [0.25, 0.3) is 17.0 Å². The summed E-state index contributed by atoms with van der Waals surface area (Å²) in [5, 5.41) is 1.42. The van der Waals surface area contributed by atoms with E-state index < -0.39 is 0 Å². The van der Waals surface area contributed by atoms with E-state index in [0.717, 1.165) is 19.3 Å². The third-order valence-electron chi connectivity index (χ3n) is 5.53. The summed E-state index contributed by atoms with van der Waals surface area (Å²) in [6.07, 6.45) is 8.08. The standard InChI is InChI=1S/C23H26N2/c1-4-17(2)25-22-13-9-8-12-20(22)21-16-19(14-15-23(21)25)24(3)18-10-6-5-7-11-18/h5-7,9-11,13-17H,4,8,12H2,1-3H3. The molecule has 1 aliphatic carbocycles. The van der Waals surface area contributed by atoms with Crippen LogP contribution in [0.15, 0.2) is 54.6 Å². The Labute approximate surface area is 150 Å². The van der Waals surface area contributed by atoms with Gasteiger partial charge in [0, 0.05) is 41.1 Å². The van der Waals surface area contributed by atoms with E-state index in [2.05, 4.69) is 91.0 Å². The molecule has 3 aromatic rings. The lowest BCUT2D eigenvalue weighted by Crippen LogP contribution is -2.09. The topological polar surface area (TPSA) is 8.17 Å². The molecule has 1 aliphatic rings. The Balaban J connectivity index is 1.88. The minimum atomic E-state index is 0.520. The number of benzene rings is 2. The summed E-state index contributed by atoms with van der Waals surface area (Å²) in [5.74, 6) is 0. The van der Waals surface area contributed by atoms with Crippen LogP contribution < -0.4 is 4.90 Å². The Morgan fingerprint density at radius 1 is 1.08 bits per heavy atom. The van der Waals surface area contributed by atoms with Crippen molar-refractivity contribution >= 4 is 28.4 Å². The summed E-state index contributed by atoms with van der Waals surface area (Å²) in [6.45, 7) is 4.60. The molecule has 0 spiro atoms. The largest absolute Gasteiger partial charge is 0.345 e. The summed E-state index contributed by atoms with van der Waals surface area (Å²) in [5.41, 5.74) is 6.77. The zero-order chi connectivity index (χ0) is 17.4. The molecule has 1 heterocycles. The predicted octanol–water partition coefficient (Wildman–Crippen LogP) is 6.34. The Morgan fingerprint density at radius 3 is 2.64 bits per heavy atom. The minimum absolute atomic E-state index is 0.520. The van der Waals surface area contributed by atoms with Crippen LogP contribution in [0.4, 0.5) is 11.4 Å². The molecule has 0 amide bonds. The molecule has 1 unspecified atom stereocenters. The Morgan fingerprint density at radius 2 is 1.88 bits per heavy atom. The normalized spacial score (nSPS) is 14.5. The van der Waals surface area contributed by atoms with Gasteiger partial charge >= 0.3 is 0 Å². The van der Waals surface area contributed by atoms with Crippen LogP contribution in [0.1, 0.15) is 44.0 Å².